The lowest BCUT2D eigenvalue weighted by Crippen LogP contribution is -2.38. The Morgan fingerprint density at radius 2 is 2.17 bits per heavy atom. The Balaban J connectivity index is 1.84. The summed E-state index contributed by atoms with van der Waals surface area (Å²) in [6, 6.07) is -0.422. The van der Waals surface area contributed by atoms with Crippen LogP contribution in [0.4, 0.5) is 0 Å². The molecular weight excluding hydrogens is 316 g/mol. The molecule has 2 saturated heterocycles. The highest BCUT2D eigenvalue weighted by molar-refractivity contribution is 6.30. The Hall–Kier alpha value is -1.11. The minimum absolute atomic E-state index is 0.134. The van der Waals surface area contributed by atoms with Crippen LogP contribution in [0.25, 0.3) is 0 Å². The van der Waals surface area contributed by atoms with Crippen LogP contribution in [0.1, 0.15) is 37.4 Å². The molecule has 6 nitrogen and oxygen atoms in total. The van der Waals surface area contributed by atoms with Crippen LogP contribution in [0, 0.1) is 5.41 Å². The first kappa shape index (κ1) is 16.7. The van der Waals surface area contributed by atoms with Gasteiger partial charge in [-0.2, -0.15) is 5.10 Å². The molecule has 3 heterocycles. The van der Waals surface area contributed by atoms with Gasteiger partial charge in [0.05, 0.1) is 5.69 Å². The number of carboxylic acids is 1. The van der Waals surface area contributed by atoms with Gasteiger partial charge in [-0.3, -0.25) is 14.4 Å². The fraction of sp³-hybridized carbons (Fsp3) is 0.750. The average Bonchev–Trinajstić information content (AvgIpc) is 3.01. The number of aliphatic carboxylic acids is 1. The van der Waals surface area contributed by atoms with Gasteiger partial charge in [0.25, 0.3) is 0 Å². The standard InChI is InChI=1S/C16H25ClN4O2/c1-3-12-11(14(17)20(2)19-12)9-21-10-16(4-6-18-7-5-16)8-13(21)15(22)23/h13,18H,3-10H2,1-2H3,(H,22,23). The maximum atomic E-state index is 11.8. The van der Waals surface area contributed by atoms with Crippen molar-refractivity contribution in [3.05, 3.63) is 16.4 Å². The molecule has 0 aromatic carbocycles. The van der Waals surface area contributed by atoms with Crippen LogP contribution in [-0.4, -0.2) is 51.4 Å². The summed E-state index contributed by atoms with van der Waals surface area (Å²) in [4.78, 5) is 13.9. The number of carboxylic acid groups (broad SMARTS) is 1. The second-order valence-corrected chi connectivity index (χ2v) is 7.26. The lowest BCUT2D eigenvalue weighted by atomic mass is 9.77. The molecular formula is C16H25ClN4O2. The third-order valence-corrected chi connectivity index (χ3v) is 5.88. The van der Waals surface area contributed by atoms with E-state index in [1.165, 1.54) is 0 Å². The number of hydrogen-bond acceptors (Lipinski definition) is 4. The molecule has 0 bridgehead atoms. The largest absolute Gasteiger partial charge is 0.480 e. The van der Waals surface area contributed by atoms with E-state index in [9.17, 15) is 9.90 Å². The van der Waals surface area contributed by atoms with Crippen molar-refractivity contribution in [2.45, 2.75) is 45.2 Å². The van der Waals surface area contributed by atoms with E-state index < -0.39 is 12.0 Å². The van der Waals surface area contributed by atoms with Crippen molar-refractivity contribution >= 4 is 17.6 Å². The molecule has 1 unspecified atom stereocenters. The van der Waals surface area contributed by atoms with Gasteiger partial charge in [-0.1, -0.05) is 18.5 Å². The Morgan fingerprint density at radius 1 is 1.48 bits per heavy atom. The van der Waals surface area contributed by atoms with Gasteiger partial charge in [0.1, 0.15) is 11.2 Å². The van der Waals surface area contributed by atoms with Crippen LogP contribution in [0.3, 0.4) is 0 Å². The molecule has 2 N–H and O–H groups in total. The first-order chi connectivity index (χ1) is 11.0. The minimum Gasteiger partial charge on any atom is -0.480 e. The highest BCUT2D eigenvalue weighted by Crippen LogP contribution is 2.43. The van der Waals surface area contributed by atoms with Crippen molar-refractivity contribution in [2.75, 3.05) is 19.6 Å². The zero-order valence-electron chi connectivity index (χ0n) is 13.8. The van der Waals surface area contributed by atoms with E-state index >= 15 is 0 Å². The maximum Gasteiger partial charge on any atom is 0.320 e. The van der Waals surface area contributed by atoms with E-state index in [-0.39, 0.29) is 5.41 Å². The van der Waals surface area contributed by atoms with E-state index in [0.29, 0.717) is 11.7 Å². The summed E-state index contributed by atoms with van der Waals surface area (Å²) in [5.74, 6) is -0.724. The van der Waals surface area contributed by atoms with Crippen LogP contribution < -0.4 is 5.32 Å². The zero-order chi connectivity index (χ0) is 16.6. The highest BCUT2D eigenvalue weighted by atomic mass is 35.5. The lowest BCUT2D eigenvalue weighted by molar-refractivity contribution is -0.142. The Labute approximate surface area is 141 Å². The van der Waals surface area contributed by atoms with Gasteiger partial charge >= 0.3 is 5.97 Å². The van der Waals surface area contributed by atoms with Gasteiger partial charge in [0.2, 0.25) is 0 Å². The molecule has 0 radical (unpaired) electrons. The molecule has 1 spiro atoms. The summed E-state index contributed by atoms with van der Waals surface area (Å²) in [5, 5.41) is 18.1. The SMILES string of the molecule is CCc1nn(C)c(Cl)c1CN1CC2(CCNCC2)CC1C(=O)O. The van der Waals surface area contributed by atoms with Crippen molar-refractivity contribution in [1.29, 1.82) is 0 Å². The number of hydrogen-bond donors (Lipinski definition) is 2. The van der Waals surface area contributed by atoms with E-state index in [4.69, 9.17) is 11.6 Å². The van der Waals surface area contributed by atoms with Crippen LogP contribution in [0.2, 0.25) is 5.15 Å². The van der Waals surface area contributed by atoms with Crippen LogP contribution in [-0.2, 0) is 24.8 Å². The predicted octanol–water partition coefficient (Wildman–Crippen LogP) is 1.66. The predicted molar refractivity (Wildman–Crippen MR) is 88.6 cm³/mol. The Bertz CT molecular complexity index is 595. The summed E-state index contributed by atoms with van der Waals surface area (Å²) in [7, 11) is 1.83. The van der Waals surface area contributed by atoms with Gasteiger partial charge in [-0.25, -0.2) is 0 Å². The number of halogens is 1. The molecule has 2 aliphatic heterocycles. The fourth-order valence-electron chi connectivity index (χ4n) is 4.12. The third-order valence-electron chi connectivity index (χ3n) is 5.40. The average molecular weight is 341 g/mol. The minimum atomic E-state index is -0.724. The first-order valence-electron chi connectivity index (χ1n) is 8.33. The number of likely N-dealkylation sites (tertiary alicyclic amines) is 1. The number of rotatable bonds is 4. The number of nitrogens with one attached hydrogen (secondary N) is 1. The number of aryl methyl sites for hydroxylation is 2. The maximum absolute atomic E-state index is 11.8. The number of nitrogens with zero attached hydrogens (tertiary/aromatic N) is 3. The molecule has 0 aliphatic carbocycles. The zero-order valence-corrected chi connectivity index (χ0v) is 14.6. The first-order valence-corrected chi connectivity index (χ1v) is 8.71. The molecule has 1 aromatic rings. The van der Waals surface area contributed by atoms with E-state index in [2.05, 4.69) is 22.2 Å². The fourth-order valence-corrected chi connectivity index (χ4v) is 4.32. The summed E-state index contributed by atoms with van der Waals surface area (Å²) in [6.45, 7) is 5.42. The summed E-state index contributed by atoms with van der Waals surface area (Å²) in [5.41, 5.74) is 2.08. The summed E-state index contributed by atoms with van der Waals surface area (Å²) in [6.07, 6.45) is 3.64. The molecule has 2 aliphatic rings. The summed E-state index contributed by atoms with van der Waals surface area (Å²) < 4.78 is 1.68. The van der Waals surface area contributed by atoms with Crippen molar-refractivity contribution in [1.82, 2.24) is 20.0 Å². The topological polar surface area (TPSA) is 70.4 Å². The molecule has 1 atom stereocenters. The van der Waals surface area contributed by atoms with E-state index in [1.807, 2.05) is 7.05 Å². The second kappa shape index (κ2) is 6.42. The number of carbonyl (C=O) groups is 1. The second-order valence-electron chi connectivity index (χ2n) is 6.91. The smallest absolute Gasteiger partial charge is 0.320 e. The Kier molecular flexibility index (Phi) is 4.67. The molecule has 1 aromatic heterocycles. The van der Waals surface area contributed by atoms with Gasteiger partial charge in [-0.05, 0) is 44.2 Å². The molecule has 0 amide bonds. The van der Waals surface area contributed by atoms with Crippen molar-refractivity contribution < 1.29 is 9.90 Å². The van der Waals surface area contributed by atoms with Gasteiger partial charge in [0, 0.05) is 25.7 Å². The Morgan fingerprint density at radius 3 is 2.78 bits per heavy atom. The van der Waals surface area contributed by atoms with Crippen LogP contribution in [0.5, 0.6) is 0 Å². The van der Waals surface area contributed by atoms with Crippen LogP contribution in [0.15, 0.2) is 0 Å². The number of piperidine rings is 1. The normalized spacial score (nSPS) is 24.4. The molecule has 128 valence electrons. The quantitative estimate of drug-likeness (QED) is 0.872. The molecule has 23 heavy (non-hydrogen) atoms. The highest BCUT2D eigenvalue weighted by Gasteiger charge is 2.47. The third kappa shape index (κ3) is 3.12. The number of aromatic nitrogens is 2. The molecule has 2 fully saturated rings. The monoisotopic (exact) mass is 340 g/mol. The molecule has 7 heteroatoms. The molecule has 3 rings (SSSR count). The van der Waals surface area contributed by atoms with Crippen LogP contribution >= 0.6 is 11.6 Å². The van der Waals surface area contributed by atoms with E-state index in [1.54, 1.807) is 4.68 Å². The van der Waals surface area contributed by atoms with Gasteiger partial charge < -0.3 is 10.4 Å². The molecule has 0 saturated carbocycles. The lowest BCUT2D eigenvalue weighted by Gasteiger charge is -2.33. The van der Waals surface area contributed by atoms with Gasteiger partial charge in [-0.15, -0.1) is 0 Å². The van der Waals surface area contributed by atoms with Crippen molar-refractivity contribution in [3.63, 3.8) is 0 Å². The van der Waals surface area contributed by atoms with Gasteiger partial charge in [0.15, 0.2) is 0 Å². The van der Waals surface area contributed by atoms with E-state index in [0.717, 1.165) is 56.6 Å². The van der Waals surface area contributed by atoms with Crippen molar-refractivity contribution in [2.24, 2.45) is 12.5 Å². The summed E-state index contributed by atoms with van der Waals surface area (Å²) >= 11 is 6.39. The van der Waals surface area contributed by atoms with Crippen molar-refractivity contribution in [3.8, 4) is 0 Å².